The maximum atomic E-state index is 12.8. The van der Waals surface area contributed by atoms with Crippen LogP contribution in [0.4, 0.5) is 4.39 Å². The van der Waals surface area contributed by atoms with Crippen molar-refractivity contribution >= 4 is 0 Å². The summed E-state index contributed by atoms with van der Waals surface area (Å²) in [4.78, 5) is 6.55. The quantitative estimate of drug-likeness (QED) is 0.877. The fraction of sp³-hybridized carbons (Fsp3) is 0.500. The second kappa shape index (κ2) is 7.52. The number of likely N-dealkylation sites (tertiary alicyclic amines) is 1. The van der Waals surface area contributed by atoms with Crippen molar-refractivity contribution < 1.29 is 18.8 Å². The van der Waals surface area contributed by atoms with Crippen LogP contribution in [0.5, 0.6) is 5.75 Å². The molecule has 1 aromatic carbocycles. The van der Waals surface area contributed by atoms with E-state index in [1.807, 2.05) is 0 Å². The lowest BCUT2D eigenvalue weighted by Crippen LogP contribution is -2.34. The average Bonchev–Trinajstić information content (AvgIpc) is 3.02. The molecular formula is C16H20FN3O3. The van der Waals surface area contributed by atoms with Crippen LogP contribution >= 0.6 is 0 Å². The summed E-state index contributed by atoms with van der Waals surface area (Å²) in [6, 6.07) is 5.79. The van der Waals surface area contributed by atoms with Gasteiger partial charge in [0.2, 0.25) is 11.7 Å². The molecule has 1 aliphatic heterocycles. The highest BCUT2D eigenvalue weighted by atomic mass is 19.1. The Hall–Kier alpha value is -1.99. The lowest BCUT2D eigenvalue weighted by molar-refractivity contribution is 0.118. The lowest BCUT2D eigenvalue weighted by atomic mass is 9.98. The molecule has 0 saturated carbocycles. The second-order valence-electron chi connectivity index (χ2n) is 5.75. The molecule has 2 aromatic rings. The summed E-state index contributed by atoms with van der Waals surface area (Å²) in [6.07, 6.45) is 1.98. The standard InChI is InChI=1S/C16H20FN3O3/c17-13-1-3-14(4-2-13)22-11-15-18-16(23-19-15)9-20-7-5-12(10-21)6-8-20/h1-4,12,21H,5-11H2. The molecule has 0 radical (unpaired) electrons. The molecule has 124 valence electrons. The molecule has 7 heteroatoms. The molecule has 0 bridgehead atoms. The van der Waals surface area contributed by atoms with E-state index in [1.165, 1.54) is 12.1 Å². The molecule has 2 heterocycles. The molecule has 23 heavy (non-hydrogen) atoms. The fourth-order valence-electron chi connectivity index (χ4n) is 2.61. The van der Waals surface area contributed by atoms with E-state index in [9.17, 15) is 4.39 Å². The van der Waals surface area contributed by atoms with E-state index >= 15 is 0 Å². The Balaban J connectivity index is 1.47. The van der Waals surface area contributed by atoms with E-state index < -0.39 is 0 Å². The van der Waals surface area contributed by atoms with Gasteiger partial charge in [0.15, 0.2) is 6.61 Å². The first kappa shape index (κ1) is 15.9. The zero-order valence-corrected chi connectivity index (χ0v) is 12.8. The van der Waals surface area contributed by atoms with Gasteiger partial charge in [0.05, 0.1) is 6.54 Å². The fourth-order valence-corrected chi connectivity index (χ4v) is 2.61. The molecule has 0 spiro atoms. The molecule has 6 nitrogen and oxygen atoms in total. The van der Waals surface area contributed by atoms with Gasteiger partial charge in [-0.05, 0) is 56.1 Å². The second-order valence-corrected chi connectivity index (χ2v) is 5.75. The summed E-state index contributed by atoms with van der Waals surface area (Å²) < 4.78 is 23.5. The van der Waals surface area contributed by atoms with Crippen molar-refractivity contribution in [1.82, 2.24) is 15.0 Å². The van der Waals surface area contributed by atoms with Gasteiger partial charge in [-0.25, -0.2) is 4.39 Å². The highest BCUT2D eigenvalue weighted by Gasteiger charge is 2.20. The highest BCUT2D eigenvalue weighted by molar-refractivity contribution is 5.22. The van der Waals surface area contributed by atoms with Crippen LogP contribution < -0.4 is 4.74 Å². The van der Waals surface area contributed by atoms with Crippen LogP contribution in [0, 0.1) is 11.7 Å². The van der Waals surface area contributed by atoms with Gasteiger partial charge in [0, 0.05) is 6.61 Å². The molecule has 0 atom stereocenters. The Morgan fingerprint density at radius 2 is 2.00 bits per heavy atom. The Kier molecular flexibility index (Phi) is 5.19. The predicted molar refractivity (Wildman–Crippen MR) is 80.1 cm³/mol. The first-order valence-electron chi connectivity index (χ1n) is 7.76. The summed E-state index contributed by atoms with van der Waals surface area (Å²) in [7, 11) is 0. The van der Waals surface area contributed by atoms with Gasteiger partial charge in [-0.3, -0.25) is 4.90 Å². The number of aromatic nitrogens is 2. The van der Waals surface area contributed by atoms with Gasteiger partial charge < -0.3 is 14.4 Å². The van der Waals surface area contributed by atoms with Crippen molar-refractivity contribution in [3.05, 3.63) is 41.8 Å². The SMILES string of the molecule is OCC1CCN(Cc2nc(COc3ccc(F)cc3)no2)CC1. The number of ether oxygens (including phenoxy) is 1. The predicted octanol–water partition coefficient (Wildman–Crippen LogP) is 1.99. The smallest absolute Gasteiger partial charge is 0.240 e. The number of hydrogen-bond donors (Lipinski definition) is 1. The molecule has 3 rings (SSSR count). The molecule has 1 N–H and O–H groups in total. The minimum atomic E-state index is -0.302. The average molecular weight is 321 g/mol. The minimum absolute atomic E-state index is 0.182. The lowest BCUT2D eigenvalue weighted by Gasteiger charge is -2.29. The molecular weight excluding hydrogens is 301 g/mol. The van der Waals surface area contributed by atoms with Crippen LogP contribution in [-0.2, 0) is 13.2 Å². The maximum Gasteiger partial charge on any atom is 0.240 e. The summed E-state index contributed by atoms with van der Waals surface area (Å²) >= 11 is 0. The molecule has 0 unspecified atom stereocenters. The van der Waals surface area contributed by atoms with Crippen LogP contribution in [0.1, 0.15) is 24.6 Å². The number of rotatable bonds is 6. The number of aliphatic hydroxyl groups excluding tert-OH is 1. The monoisotopic (exact) mass is 321 g/mol. The Morgan fingerprint density at radius 3 is 2.70 bits per heavy atom. The number of aliphatic hydroxyl groups is 1. The number of hydrogen-bond acceptors (Lipinski definition) is 6. The van der Waals surface area contributed by atoms with E-state index in [1.54, 1.807) is 12.1 Å². The summed E-state index contributed by atoms with van der Waals surface area (Å²) in [5, 5.41) is 13.0. The largest absolute Gasteiger partial charge is 0.485 e. The van der Waals surface area contributed by atoms with Crippen molar-refractivity contribution in [2.75, 3.05) is 19.7 Å². The highest BCUT2D eigenvalue weighted by Crippen LogP contribution is 2.18. The third kappa shape index (κ3) is 4.49. The van der Waals surface area contributed by atoms with Crippen LogP contribution in [0.15, 0.2) is 28.8 Å². The molecule has 0 amide bonds. The summed E-state index contributed by atoms with van der Waals surface area (Å²) in [5.41, 5.74) is 0. The van der Waals surface area contributed by atoms with Crippen molar-refractivity contribution in [1.29, 1.82) is 0 Å². The van der Waals surface area contributed by atoms with E-state index in [0.29, 0.717) is 29.9 Å². The van der Waals surface area contributed by atoms with Crippen molar-refractivity contribution in [2.24, 2.45) is 5.92 Å². The topological polar surface area (TPSA) is 71.6 Å². The first-order valence-corrected chi connectivity index (χ1v) is 7.76. The maximum absolute atomic E-state index is 12.8. The van der Waals surface area contributed by atoms with Gasteiger partial charge in [0.25, 0.3) is 0 Å². The normalized spacial score (nSPS) is 16.6. The summed E-state index contributed by atoms with van der Waals surface area (Å²) in [5.74, 6) is 1.70. The van der Waals surface area contributed by atoms with Crippen LogP contribution in [0.25, 0.3) is 0 Å². The molecule has 1 fully saturated rings. The summed E-state index contributed by atoms with van der Waals surface area (Å²) in [6.45, 7) is 2.91. The van der Waals surface area contributed by atoms with Gasteiger partial charge in [-0.15, -0.1) is 0 Å². The number of halogens is 1. The van der Waals surface area contributed by atoms with E-state index in [2.05, 4.69) is 15.0 Å². The van der Waals surface area contributed by atoms with Gasteiger partial charge in [-0.2, -0.15) is 4.98 Å². The van der Waals surface area contributed by atoms with E-state index in [4.69, 9.17) is 14.4 Å². The third-order valence-electron chi connectivity index (χ3n) is 4.02. The van der Waals surface area contributed by atoms with Crippen LogP contribution in [0.2, 0.25) is 0 Å². The Labute approximate surface area is 133 Å². The first-order chi connectivity index (χ1) is 11.2. The van der Waals surface area contributed by atoms with Crippen molar-refractivity contribution in [2.45, 2.75) is 26.0 Å². The van der Waals surface area contributed by atoms with Crippen LogP contribution in [0.3, 0.4) is 0 Å². The zero-order chi connectivity index (χ0) is 16.1. The van der Waals surface area contributed by atoms with Gasteiger partial charge in [0.1, 0.15) is 11.6 Å². The van der Waals surface area contributed by atoms with Gasteiger partial charge >= 0.3 is 0 Å². The van der Waals surface area contributed by atoms with Crippen LogP contribution in [-0.4, -0.2) is 39.8 Å². The van der Waals surface area contributed by atoms with Crippen molar-refractivity contribution in [3.63, 3.8) is 0 Å². The third-order valence-corrected chi connectivity index (χ3v) is 4.02. The molecule has 1 saturated heterocycles. The Bertz CT molecular complexity index is 609. The number of benzene rings is 1. The number of piperidine rings is 1. The number of nitrogens with zero attached hydrogens (tertiary/aromatic N) is 3. The zero-order valence-electron chi connectivity index (χ0n) is 12.8. The molecule has 1 aliphatic rings. The minimum Gasteiger partial charge on any atom is -0.485 e. The molecule has 1 aromatic heterocycles. The van der Waals surface area contributed by atoms with E-state index in [-0.39, 0.29) is 19.0 Å². The van der Waals surface area contributed by atoms with E-state index in [0.717, 1.165) is 25.9 Å². The van der Waals surface area contributed by atoms with Crippen molar-refractivity contribution in [3.8, 4) is 5.75 Å². The Morgan fingerprint density at radius 1 is 1.26 bits per heavy atom. The molecule has 0 aliphatic carbocycles. The van der Waals surface area contributed by atoms with Gasteiger partial charge in [-0.1, -0.05) is 5.16 Å².